The van der Waals surface area contributed by atoms with Gasteiger partial charge in [-0.3, -0.25) is 0 Å². The molecule has 0 fully saturated rings. The van der Waals surface area contributed by atoms with Crippen LogP contribution >= 0.6 is 0 Å². The third-order valence-electron chi connectivity index (χ3n) is 3.46. The highest BCUT2D eigenvalue weighted by Crippen LogP contribution is 2.30. The first kappa shape index (κ1) is 12.1. The van der Waals surface area contributed by atoms with Crippen molar-refractivity contribution in [3.05, 3.63) is 35.8 Å². The minimum atomic E-state index is -0.335. The number of furan rings is 1. The van der Waals surface area contributed by atoms with Gasteiger partial charge in [0.25, 0.3) is 0 Å². The summed E-state index contributed by atoms with van der Waals surface area (Å²) in [6, 6.07) is 6.54. The van der Waals surface area contributed by atoms with Crippen LogP contribution in [0.2, 0.25) is 0 Å². The molecule has 2 nitrogen and oxygen atoms in total. The van der Waals surface area contributed by atoms with Gasteiger partial charge >= 0.3 is 0 Å². The lowest BCUT2D eigenvalue weighted by molar-refractivity contribution is 0.316. The van der Waals surface area contributed by atoms with Gasteiger partial charge in [0.15, 0.2) is 11.4 Å². The highest BCUT2D eigenvalue weighted by Gasteiger charge is 2.22. The number of benzene rings is 1. The summed E-state index contributed by atoms with van der Waals surface area (Å²) in [4.78, 5) is 0. The van der Waals surface area contributed by atoms with Crippen molar-refractivity contribution < 1.29 is 8.81 Å². The smallest absolute Gasteiger partial charge is 0.169 e. The molecule has 0 aliphatic rings. The first-order valence-electron chi connectivity index (χ1n) is 5.94. The molecule has 17 heavy (non-hydrogen) atoms. The molecule has 0 radical (unpaired) electrons. The van der Waals surface area contributed by atoms with E-state index in [-0.39, 0.29) is 11.9 Å². The molecule has 1 aromatic heterocycles. The minimum Gasteiger partial charge on any atom is -0.456 e. The Kier molecular flexibility index (Phi) is 3.20. The summed E-state index contributed by atoms with van der Waals surface area (Å²) in [5, 5.41) is 0.770. The van der Waals surface area contributed by atoms with Gasteiger partial charge in [-0.05, 0) is 24.0 Å². The molecule has 0 amide bonds. The molecule has 0 aliphatic carbocycles. The molecule has 92 valence electrons. The number of halogens is 1. The van der Waals surface area contributed by atoms with E-state index in [0.29, 0.717) is 23.2 Å². The Morgan fingerprint density at radius 1 is 1.24 bits per heavy atom. The fourth-order valence-corrected chi connectivity index (χ4v) is 1.89. The molecule has 2 N–H and O–H groups in total. The van der Waals surface area contributed by atoms with Crippen molar-refractivity contribution in [3.8, 4) is 0 Å². The van der Waals surface area contributed by atoms with Crippen molar-refractivity contribution in [3.63, 3.8) is 0 Å². The van der Waals surface area contributed by atoms with E-state index in [1.54, 1.807) is 6.07 Å². The maximum absolute atomic E-state index is 13.5. The number of hydrogen-bond donors (Lipinski definition) is 1. The molecule has 0 saturated heterocycles. The van der Waals surface area contributed by atoms with E-state index in [0.717, 1.165) is 5.39 Å². The second-order valence-electron chi connectivity index (χ2n) is 4.94. The molecule has 1 heterocycles. The van der Waals surface area contributed by atoms with Crippen molar-refractivity contribution >= 4 is 11.0 Å². The zero-order valence-corrected chi connectivity index (χ0v) is 10.4. The summed E-state index contributed by atoms with van der Waals surface area (Å²) in [7, 11) is 0. The van der Waals surface area contributed by atoms with Gasteiger partial charge in [-0.1, -0.05) is 32.9 Å². The number of hydrogen-bond acceptors (Lipinski definition) is 2. The summed E-state index contributed by atoms with van der Waals surface area (Å²) in [5.74, 6) is 1.08. The Hall–Kier alpha value is -1.35. The molecular formula is C14H18FNO. The molecular weight excluding hydrogens is 217 g/mol. The van der Waals surface area contributed by atoms with Crippen molar-refractivity contribution in [2.75, 3.05) is 0 Å². The lowest BCUT2D eigenvalue weighted by atomic mass is 9.89. The van der Waals surface area contributed by atoms with Crippen LogP contribution in [-0.4, -0.2) is 0 Å². The number of nitrogens with two attached hydrogens (primary N) is 1. The third-order valence-corrected chi connectivity index (χ3v) is 3.46. The Morgan fingerprint density at radius 3 is 2.53 bits per heavy atom. The van der Waals surface area contributed by atoms with E-state index in [4.69, 9.17) is 10.2 Å². The molecule has 0 saturated carbocycles. The zero-order chi connectivity index (χ0) is 12.6. The largest absolute Gasteiger partial charge is 0.456 e. The molecule has 1 aromatic carbocycles. The van der Waals surface area contributed by atoms with Crippen molar-refractivity contribution in [2.24, 2.45) is 17.6 Å². The van der Waals surface area contributed by atoms with Gasteiger partial charge in [0.05, 0.1) is 6.04 Å². The lowest BCUT2D eigenvalue weighted by Crippen LogP contribution is -2.22. The second kappa shape index (κ2) is 4.49. The average Bonchev–Trinajstić information content (AvgIpc) is 2.72. The number of rotatable bonds is 3. The predicted octanol–water partition coefficient (Wildman–Crippen LogP) is 3.86. The minimum absolute atomic E-state index is 0.193. The Balaban J connectivity index is 2.40. The molecule has 0 aliphatic heterocycles. The maximum atomic E-state index is 13.5. The zero-order valence-electron chi connectivity index (χ0n) is 10.4. The van der Waals surface area contributed by atoms with Gasteiger partial charge in [0, 0.05) is 5.39 Å². The van der Waals surface area contributed by atoms with Crippen LogP contribution in [0.5, 0.6) is 0 Å². The Morgan fingerprint density at radius 2 is 1.94 bits per heavy atom. The van der Waals surface area contributed by atoms with Gasteiger partial charge in [-0.15, -0.1) is 0 Å². The van der Waals surface area contributed by atoms with E-state index >= 15 is 0 Å². The summed E-state index contributed by atoms with van der Waals surface area (Å²) in [6.07, 6.45) is 0. The standard InChI is InChI=1S/C14H18FNO/c1-8(2)9(3)13(16)12-7-10-5-4-6-11(15)14(10)17-12/h4-9,13H,16H2,1-3H3. The number of fused-ring (bicyclic) bond motifs is 1. The lowest BCUT2D eigenvalue weighted by Gasteiger charge is -2.21. The van der Waals surface area contributed by atoms with Crippen LogP contribution in [0.1, 0.15) is 32.6 Å². The van der Waals surface area contributed by atoms with Crippen molar-refractivity contribution in [1.29, 1.82) is 0 Å². The molecule has 0 spiro atoms. The van der Waals surface area contributed by atoms with E-state index < -0.39 is 0 Å². The van der Waals surface area contributed by atoms with Crippen LogP contribution in [0.15, 0.2) is 28.7 Å². The van der Waals surface area contributed by atoms with E-state index in [2.05, 4.69) is 20.8 Å². The van der Waals surface area contributed by atoms with Gasteiger partial charge in [0.1, 0.15) is 5.76 Å². The molecule has 0 bridgehead atoms. The SMILES string of the molecule is CC(C)C(C)C(N)c1cc2cccc(F)c2o1. The van der Waals surface area contributed by atoms with E-state index in [1.165, 1.54) is 6.07 Å². The van der Waals surface area contributed by atoms with Crippen LogP contribution in [0.25, 0.3) is 11.0 Å². The molecule has 2 rings (SSSR count). The quantitative estimate of drug-likeness (QED) is 0.877. The Bertz CT molecular complexity index is 518. The van der Waals surface area contributed by atoms with Crippen molar-refractivity contribution in [1.82, 2.24) is 0 Å². The summed E-state index contributed by atoms with van der Waals surface area (Å²) < 4.78 is 19.0. The summed E-state index contributed by atoms with van der Waals surface area (Å²) in [6.45, 7) is 6.32. The van der Waals surface area contributed by atoms with Crippen LogP contribution in [0.3, 0.4) is 0 Å². The molecule has 2 atom stereocenters. The van der Waals surface area contributed by atoms with Crippen LogP contribution < -0.4 is 5.73 Å². The summed E-state index contributed by atoms with van der Waals surface area (Å²) >= 11 is 0. The monoisotopic (exact) mass is 235 g/mol. The average molecular weight is 235 g/mol. The van der Waals surface area contributed by atoms with E-state index in [1.807, 2.05) is 12.1 Å². The van der Waals surface area contributed by atoms with Crippen LogP contribution in [-0.2, 0) is 0 Å². The number of para-hydroxylation sites is 1. The highest BCUT2D eigenvalue weighted by molar-refractivity contribution is 5.78. The first-order chi connectivity index (χ1) is 8.00. The molecule has 3 heteroatoms. The fourth-order valence-electron chi connectivity index (χ4n) is 1.89. The van der Waals surface area contributed by atoms with Gasteiger partial charge in [0.2, 0.25) is 0 Å². The molecule has 2 unspecified atom stereocenters. The van der Waals surface area contributed by atoms with E-state index in [9.17, 15) is 4.39 Å². The normalized spacial score (nSPS) is 15.4. The Labute approximate surface area is 101 Å². The predicted molar refractivity (Wildman–Crippen MR) is 67.1 cm³/mol. The maximum Gasteiger partial charge on any atom is 0.169 e. The van der Waals surface area contributed by atoms with Crippen molar-refractivity contribution in [2.45, 2.75) is 26.8 Å². The summed E-state index contributed by atoms with van der Waals surface area (Å²) in [5.41, 5.74) is 6.44. The van der Waals surface area contributed by atoms with Gasteiger partial charge < -0.3 is 10.2 Å². The van der Waals surface area contributed by atoms with Gasteiger partial charge in [-0.25, -0.2) is 4.39 Å². The first-order valence-corrected chi connectivity index (χ1v) is 5.94. The third kappa shape index (κ3) is 2.20. The van der Waals surface area contributed by atoms with Gasteiger partial charge in [-0.2, -0.15) is 0 Å². The topological polar surface area (TPSA) is 39.2 Å². The van der Waals surface area contributed by atoms with Crippen LogP contribution in [0, 0.1) is 17.7 Å². The second-order valence-corrected chi connectivity index (χ2v) is 4.94. The fraction of sp³-hybridized carbons (Fsp3) is 0.429. The highest BCUT2D eigenvalue weighted by atomic mass is 19.1. The van der Waals surface area contributed by atoms with Crippen LogP contribution in [0.4, 0.5) is 4.39 Å². The molecule has 2 aromatic rings.